The zero-order valence-corrected chi connectivity index (χ0v) is 22.6. The van der Waals surface area contributed by atoms with Gasteiger partial charge in [0.15, 0.2) is 0 Å². The van der Waals surface area contributed by atoms with Crippen LogP contribution in [0, 0.1) is 30.1 Å². The van der Waals surface area contributed by atoms with Gasteiger partial charge in [0.2, 0.25) is 11.8 Å². The molecule has 4 aliphatic rings. The number of carbonyl (C=O) groups is 2. The lowest BCUT2D eigenvalue weighted by Gasteiger charge is -2.47. The molecule has 5 nitrogen and oxygen atoms in total. The Balaban J connectivity index is 1.47. The van der Waals surface area contributed by atoms with Crippen molar-refractivity contribution in [2.24, 2.45) is 17.8 Å². The summed E-state index contributed by atoms with van der Waals surface area (Å²) < 4.78 is 0. The third kappa shape index (κ3) is 5.89. The van der Waals surface area contributed by atoms with Gasteiger partial charge in [0.05, 0.1) is 6.04 Å². The molecule has 6 heteroatoms. The Morgan fingerprint density at radius 2 is 1.97 bits per heavy atom. The predicted molar refractivity (Wildman–Crippen MR) is 145 cm³/mol. The summed E-state index contributed by atoms with van der Waals surface area (Å²) in [6, 6.07) is 0.389. The quantitative estimate of drug-likeness (QED) is 0.390. The van der Waals surface area contributed by atoms with E-state index >= 15 is 0 Å². The molecule has 0 aromatic carbocycles. The van der Waals surface area contributed by atoms with E-state index in [1.807, 2.05) is 29.7 Å². The molecule has 3 fully saturated rings. The van der Waals surface area contributed by atoms with Crippen LogP contribution in [0.25, 0.3) is 0 Å². The van der Waals surface area contributed by atoms with Crippen LogP contribution in [0.1, 0.15) is 53.4 Å². The first-order chi connectivity index (χ1) is 16.8. The highest BCUT2D eigenvalue weighted by molar-refractivity contribution is 8.03. The summed E-state index contributed by atoms with van der Waals surface area (Å²) in [6.07, 6.45) is 15.7. The second-order valence-electron chi connectivity index (χ2n) is 10.9. The van der Waals surface area contributed by atoms with E-state index in [-0.39, 0.29) is 23.9 Å². The van der Waals surface area contributed by atoms with Gasteiger partial charge in [0.1, 0.15) is 0 Å². The molecule has 0 aromatic heterocycles. The van der Waals surface area contributed by atoms with E-state index in [0.29, 0.717) is 24.2 Å². The van der Waals surface area contributed by atoms with Gasteiger partial charge >= 0.3 is 0 Å². The number of nitrogens with zero attached hydrogens (tertiary/aromatic N) is 3. The number of fused-ring (bicyclic) bond motifs is 1. The molecule has 1 aliphatic carbocycles. The van der Waals surface area contributed by atoms with Crippen molar-refractivity contribution >= 4 is 23.6 Å². The van der Waals surface area contributed by atoms with Crippen LogP contribution in [-0.2, 0) is 9.59 Å². The molecule has 35 heavy (non-hydrogen) atoms. The number of hydrogen-bond donors (Lipinski definition) is 0. The minimum absolute atomic E-state index is 0.143. The van der Waals surface area contributed by atoms with Crippen molar-refractivity contribution in [2.75, 3.05) is 32.7 Å². The first-order valence-electron chi connectivity index (χ1n) is 13.3. The summed E-state index contributed by atoms with van der Waals surface area (Å²) in [7, 11) is 0. The lowest BCUT2D eigenvalue weighted by Crippen LogP contribution is -2.60. The van der Waals surface area contributed by atoms with E-state index in [4.69, 9.17) is 6.42 Å². The lowest BCUT2D eigenvalue weighted by molar-refractivity contribution is -0.139. The van der Waals surface area contributed by atoms with Gasteiger partial charge in [-0.3, -0.25) is 14.5 Å². The van der Waals surface area contributed by atoms with Gasteiger partial charge in [-0.25, -0.2) is 0 Å². The normalized spacial score (nSPS) is 28.7. The van der Waals surface area contributed by atoms with Crippen molar-refractivity contribution < 1.29 is 9.59 Å². The van der Waals surface area contributed by atoms with Crippen molar-refractivity contribution in [3.05, 3.63) is 34.8 Å². The molecule has 190 valence electrons. The number of thioether (sulfide) groups is 1. The van der Waals surface area contributed by atoms with Gasteiger partial charge in [-0.05, 0) is 66.6 Å². The first kappa shape index (κ1) is 26.1. The summed E-state index contributed by atoms with van der Waals surface area (Å²) >= 11 is 1.98. The molecule has 1 saturated carbocycles. The third-order valence-electron chi connectivity index (χ3n) is 8.21. The second kappa shape index (κ2) is 11.4. The lowest BCUT2D eigenvalue weighted by atomic mass is 9.89. The monoisotopic (exact) mass is 495 g/mol. The summed E-state index contributed by atoms with van der Waals surface area (Å²) in [4.78, 5) is 31.8. The van der Waals surface area contributed by atoms with Crippen molar-refractivity contribution in [1.82, 2.24) is 14.7 Å². The van der Waals surface area contributed by atoms with E-state index < -0.39 is 0 Å². The standard InChI is InChI=1S/C29H41N3O2S/c1-6-8-23(9-7-2)29(25-19-35-27-17-24(25)27)31-14-15-32(26(18-31)20(3)4)28(34)16-22-10-12-30(13-11-22)21(5)33/h1,7-9,19-20,22,24,26-27,29H,10-18H2,2-5H3/b9-7-,23-8+/t24?,26-,27?,29?/m1/s1. The van der Waals surface area contributed by atoms with Crippen LogP contribution in [0.5, 0.6) is 0 Å². The molecule has 3 aliphatic heterocycles. The highest BCUT2D eigenvalue weighted by atomic mass is 32.2. The topological polar surface area (TPSA) is 43.9 Å². The van der Waals surface area contributed by atoms with Crippen LogP contribution in [-0.4, -0.2) is 76.6 Å². The molecule has 4 rings (SSSR count). The number of amides is 2. The second-order valence-corrected chi connectivity index (χ2v) is 12.0. The van der Waals surface area contributed by atoms with Gasteiger partial charge < -0.3 is 9.80 Å². The number of carbonyl (C=O) groups excluding carboxylic acids is 2. The van der Waals surface area contributed by atoms with Gasteiger partial charge in [0.25, 0.3) is 0 Å². The maximum absolute atomic E-state index is 13.5. The molecular weight excluding hydrogens is 454 g/mol. The van der Waals surface area contributed by atoms with E-state index in [1.54, 1.807) is 6.92 Å². The van der Waals surface area contributed by atoms with E-state index in [0.717, 1.165) is 50.8 Å². The van der Waals surface area contributed by atoms with Crippen LogP contribution < -0.4 is 0 Å². The van der Waals surface area contributed by atoms with E-state index in [2.05, 4.69) is 47.1 Å². The van der Waals surface area contributed by atoms with Gasteiger partial charge in [-0.15, -0.1) is 18.2 Å². The highest BCUT2D eigenvalue weighted by Gasteiger charge is 2.49. The zero-order chi connectivity index (χ0) is 25.1. The highest BCUT2D eigenvalue weighted by Crippen LogP contribution is 2.55. The van der Waals surface area contributed by atoms with Crippen molar-refractivity contribution in [2.45, 2.75) is 70.7 Å². The summed E-state index contributed by atoms with van der Waals surface area (Å²) in [5.41, 5.74) is 2.70. The summed E-state index contributed by atoms with van der Waals surface area (Å²) in [6.45, 7) is 12.2. The Kier molecular flexibility index (Phi) is 8.50. The van der Waals surface area contributed by atoms with Crippen LogP contribution in [0.2, 0.25) is 0 Å². The molecule has 3 heterocycles. The Morgan fingerprint density at radius 1 is 1.23 bits per heavy atom. The molecular formula is C29H41N3O2S. The number of likely N-dealkylation sites (tertiary alicyclic amines) is 1. The van der Waals surface area contributed by atoms with Crippen LogP contribution in [0.15, 0.2) is 34.8 Å². The zero-order valence-electron chi connectivity index (χ0n) is 21.8. The number of rotatable bonds is 7. The third-order valence-corrected chi connectivity index (χ3v) is 9.49. The predicted octanol–water partition coefficient (Wildman–Crippen LogP) is 4.33. The molecule has 0 aromatic rings. The minimum atomic E-state index is 0.143. The Morgan fingerprint density at radius 3 is 2.51 bits per heavy atom. The first-order valence-corrected chi connectivity index (χ1v) is 14.2. The number of piperazine rings is 1. The van der Waals surface area contributed by atoms with Gasteiger partial charge in [0, 0.05) is 57.4 Å². The minimum Gasteiger partial charge on any atom is -0.343 e. The molecule has 0 spiro atoms. The van der Waals surface area contributed by atoms with Crippen LogP contribution in [0.4, 0.5) is 0 Å². The largest absolute Gasteiger partial charge is 0.343 e. The average Bonchev–Trinajstić information content (AvgIpc) is 3.51. The van der Waals surface area contributed by atoms with Gasteiger partial charge in [-0.1, -0.05) is 31.9 Å². The summed E-state index contributed by atoms with van der Waals surface area (Å²) in [5.74, 6) is 4.64. The van der Waals surface area contributed by atoms with Gasteiger partial charge in [-0.2, -0.15) is 0 Å². The number of terminal acetylenes is 1. The Bertz CT molecular complexity index is 938. The number of hydrogen-bond acceptors (Lipinski definition) is 4. The maximum atomic E-state index is 13.5. The summed E-state index contributed by atoms with van der Waals surface area (Å²) in [5, 5.41) is 3.13. The maximum Gasteiger partial charge on any atom is 0.223 e. The molecule has 2 amide bonds. The van der Waals surface area contributed by atoms with Crippen molar-refractivity contribution in [3.63, 3.8) is 0 Å². The Hall–Kier alpha value is -1.97. The fraction of sp³-hybridized carbons (Fsp3) is 0.655. The molecule has 2 saturated heterocycles. The van der Waals surface area contributed by atoms with Crippen LogP contribution >= 0.6 is 11.8 Å². The average molecular weight is 496 g/mol. The van der Waals surface area contributed by atoms with E-state index in [9.17, 15) is 9.59 Å². The van der Waals surface area contributed by atoms with Crippen LogP contribution in [0.3, 0.4) is 0 Å². The number of piperidine rings is 1. The fourth-order valence-corrected chi connectivity index (χ4v) is 7.38. The fourth-order valence-electron chi connectivity index (χ4n) is 6.08. The molecule has 4 atom stereocenters. The molecule has 0 N–H and O–H groups in total. The SMILES string of the molecule is C#C/C=C(\C=C/C)C(C1=CSC2CC12)N1CCN(C(=O)CC2CCN(C(C)=O)CC2)[C@@H](C(C)C)C1. The molecule has 0 bridgehead atoms. The smallest absolute Gasteiger partial charge is 0.223 e. The molecule has 3 unspecified atom stereocenters. The number of allylic oxidation sites excluding steroid dienone is 2. The Labute approximate surface area is 216 Å². The van der Waals surface area contributed by atoms with E-state index in [1.165, 1.54) is 17.6 Å². The van der Waals surface area contributed by atoms with Crippen molar-refractivity contribution in [1.29, 1.82) is 0 Å². The molecule has 0 radical (unpaired) electrons. The van der Waals surface area contributed by atoms with Crippen molar-refractivity contribution in [3.8, 4) is 12.3 Å².